The molecule has 2 rings (SSSR count). The number of esters is 1. The SMILES string of the molecule is CCC(OC(=O)c1ccnc(Cl)c1)C(=O)Nc1ccc(F)cc1. The minimum atomic E-state index is -0.973. The predicted molar refractivity (Wildman–Crippen MR) is 83.8 cm³/mol. The first-order chi connectivity index (χ1) is 11.0. The Kier molecular flexibility index (Phi) is 5.65. The zero-order valence-electron chi connectivity index (χ0n) is 12.3. The van der Waals surface area contributed by atoms with Gasteiger partial charge in [0.05, 0.1) is 5.56 Å². The highest BCUT2D eigenvalue weighted by Gasteiger charge is 2.22. The summed E-state index contributed by atoms with van der Waals surface area (Å²) in [6.07, 6.45) is 0.690. The van der Waals surface area contributed by atoms with E-state index in [-0.39, 0.29) is 17.1 Å². The zero-order valence-corrected chi connectivity index (χ0v) is 13.0. The Morgan fingerprint density at radius 1 is 1.30 bits per heavy atom. The second kappa shape index (κ2) is 7.69. The molecule has 0 radical (unpaired) electrons. The molecule has 1 atom stereocenters. The van der Waals surface area contributed by atoms with E-state index in [1.54, 1.807) is 6.92 Å². The van der Waals surface area contributed by atoms with Crippen molar-refractivity contribution in [1.82, 2.24) is 4.98 Å². The van der Waals surface area contributed by atoms with Crippen LogP contribution in [0.15, 0.2) is 42.6 Å². The van der Waals surface area contributed by atoms with Gasteiger partial charge in [-0.2, -0.15) is 0 Å². The highest BCUT2D eigenvalue weighted by atomic mass is 35.5. The van der Waals surface area contributed by atoms with Crippen LogP contribution in [0.25, 0.3) is 0 Å². The molecule has 7 heteroatoms. The summed E-state index contributed by atoms with van der Waals surface area (Å²) in [5.74, 6) is -1.57. The Morgan fingerprint density at radius 3 is 2.61 bits per heavy atom. The van der Waals surface area contributed by atoms with Gasteiger partial charge >= 0.3 is 5.97 Å². The summed E-state index contributed by atoms with van der Waals surface area (Å²) in [7, 11) is 0. The van der Waals surface area contributed by atoms with Gasteiger partial charge in [0.15, 0.2) is 6.10 Å². The first-order valence-corrected chi connectivity index (χ1v) is 7.26. The molecule has 0 aliphatic heterocycles. The molecule has 1 aromatic heterocycles. The summed E-state index contributed by atoms with van der Waals surface area (Å²) >= 11 is 5.71. The van der Waals surface area contributed by atoms with Gasteiger partial charge in [-0.05, 0) is 42.8 Å². The van der Waals surface area contributed by atoms with Crippen molar-refractivity contribution in [1.29, 1.82) is 0 Å². The molecule has 5 nitrogen and oxygen atoms in total. The number of carbonyl (C=O) groups excluding carboxylic acids is 2. The lowest BCUT2D eigenvalue weighted by Gasteiger charge is -2.16. The summed E-state index contributed by atoms with van der Waals surface area (Å²) in [4.78, 5) is 27.9. The highest BCUT2D eigenvalue weighted by Crippen LogP contribution is 2.13. The van der Waals surface area contributed by atoms with Gasteiger partial charge in [-0.15, -0.1) is 0 Å². The normalized spacial score (nSPS) is 11.6. The molecule has 0 fully saturated rings. The van der Waals surface area contributed by atoms with Gasteiger partial charge in [-0.25, -0.2) is 14.2 Å². The molecular weight excluding hydrogens is 323 g/mol. The van der Waals surface area contributed by atoms with Crippen LogP contribution < -0.4 is 5.32 Å². The Bertz CT molecular complexity index is 707. The second-order valence-electron chi connectivity index (χ2n) is 4.67. The third kappa shape index (κ3) is 4.75. The number of aromatic nitrogens is 1. The molecular formula is C16H14ClFN2O3. The first-order valence-electron chi connectivity index (χ1n) is 6.88. The van der Waals surface area contributed by atoms with Gasteiger partial charge in [0.25, 0.3) is 5.91 Å². The van der Waals surface area contributed by atoms with E-state index < -0.39 is 23.8 Å². The minimum Gasteiger partial charge on any atom is -0.449 e. The number of amides is 1. The van der Waals surface area contributed by atoms with E-state index in [9.17, 15) is 14.0 Å². The van der Waals surface area contributed by atoms with Crippen LogP contribution in [0.1, 0.15) is 23.7 Å². The number of ether oxygens (including phenoxy) is 1. The fraction of sp³-hybridized carbons (Fsp3) is 0.188. The third-order valence-corrected chi connectivity index (χ3v) is 3.19. The van der Waals surface area contributed by atoms with Crippen LogP contribution in [0.4, 0.5) is 10.1 Å². The van der Waals surface area contributed by atoms with E-state index >= 15 is 0 Å². The quantitative estimate of drug-likeness (QED) is 0.670. The Labute approximate surface area is 137 Å². The average Bonchev–Trinajstić information content (AvgIpc) is 2.54. The van der Waals surface area contributed by atoms with Gasteiger partial charge in [-0.1, -0.05) is 18.5 Å². The predicted octanol–water partition coefficient (Wildman–Crippen LogP) is 3.45. The molecule has 2 aromatic rings. The summed E-state index contributed by atoms with van der Waals surface area (Å²) in [6, 6.07) is 8.09. The van der Waals surface area contributed by atoms with Crippen LogP contribution in [0, 0.1) is 5.82 Å². The number of benzene rings is 1. The molecule has 120 valence electrons. The molecule has 1 unspecified atom stereocenters. The number of hydrogen-bond acceptors (Lipinski definition) is 4. The maximum Gasteiger partial charge on any atom is 0.339 e. The third-order valence-electron chi connectivity index (χ3n) is 2.99. The molecule has 1 N–H and O–H groups in total. The average molecular weight is 337 g/mol. The molecule has 1 amide bonds. The van der Waals surface area contributed by atoms with Gasteiger partial charge < -0.3 is 10.1 Å². The summed E-state index contributed by atoms with van der Waals surface area (Å²) in [6.45, 7) is 1.71. The number of nitrogens with one attached hydrogen (secondary N) is 1. The van der Waals surface area contributed by atoms with E-state index in [2.05, 4.69) is 10.3 Å². The van der Waals surface area contributed by atoms with Crippen LogP contribution in [-0.4, -0.2) is 23.0 Å². The van der Waals surface area contributed by atoms with E-state index in [0.29, 0.717) is 5.69 Å². The lowest BCUT2D eigenvalue weighted by Crippen LogP contribution is -2.32. The number of anilines is 1. The number of pyridine rings is 1. The van der Waals surface area contributed by atoms with E-state index in [0.717, 1.165) is 0 Å². The number of nitrogens with zero attached hydrogens (tertiary/aromatic N) is 1. The van der Waals surface area contributed by atoms with Gasteiger partial charge in [0.2, 0.25) is 0 Å². The van der Waals surface area contributed by atoms with Crippen molar-refractivity contribution in [2.75, 3.05) is 5.32 Å². The molecule has 0 spiro atoms. The van der Waals surface area contributed by atoms with Gasteiger partial charge in [0.1, 0.15) is 11.0 Å². The summed E-state index contributed by atoms with van der Waals surface area (Å²) in [5, 5.41) is 2.72. The smallest absolute Gasteiger partial charge is 0.339 e. The van der Waals surface area contributed by atoms with Crippen molar-refractivity contribution < 1.29 is 18.7 Å². The molecule has 1 aromatic carbocycles. The number of carbonyl (C=O) groups is 2. The van der Waals surface area contributed by atoms with Crippen molar-refractivity contribution >= 4 is 29.2 Å². The van der Waals surface area contributed by atoms with E-state index in [1.165, 1.54) is 42.6 Å². The molecule has 0 aliphatic carbocycles. The minimum absolute atomic E-state index is 0.156. The molecule has 1 heterocycles. The van der Waals surface area contributed by atoms with Gasteiger partial charge in [0, 0.05) is 11.9 Å². The van der Waals surface area contributed by atoms with Crippen molar-refractivity contribution in [2.45, 2.75) is 19.4 Å². The maximum absolute atomic E-state index is 12.8. The van der Waals surface area contributed by atoms with Crippen LogP contribution in [0.3, 0.4) is 0 Å². The molecule has 23 heavy (non-hydrogen) atoms. The monoisotopic (exact) mass is 336 g/mol. The second-order valence-corrected chi connectivity index (χ2v) is 5.05. The first kappa shape index (κ1) is 16.9. The number of halogens is 2. The van der Waals surface area contributed by atoms with Crippen molar-refractivity contribution in [2.24, 2.45) is 0 Å². The van der Waals surface area contributed by atoms with Crippen LogP contribution >= 0.6 is 11.6 Å². The molecule has 0 saturated carbocycles. The molecule has 0 saturated heterocycles. The topological polar surface area (TPSA) is 68.3 Å². The zero-order chi connectivity index (χ0) is 16.8. The lowest BCUT2D eigenvalue weighted by atomic mass is 10.2. The van der Waals surface area contributed by atoms with Crippen molar-refractivity contribution in [3.05, 3.63) is 59.1 Å². The standard InChI is InChI=1S/C16H14ClFN2O3/c1-2-13(15(21)20-12-5-3-11(18)4-6-12)23-16(22)10-7-8-19-14(17)9-10/h3-9,13H,2H2,1H3,(H,20,21). The Morgan fingerprint density at radius 2 is 2.00 bits per heavy atom. The molecule has 0 aliphatic rings. The van der Waals surface area contributed by atoms with Crippen molar-refractivity contribution in [3.63, 3.8) is 0 Å². The highest BCUT2D eigenvalue weighted by molar-refractivity contribution is 6.29. The summed E-state index contributed by atoms with van der Waals surface area (Å²) in [5.41, 5.74) is 0.621. The largest absolute Gasteiger partial charge is 0.449 e. The maximum atomic E-state index is 12.8. The fourth-order valence-corrected chi connectivity index (χ4v) is 1.98. The lowest BCUT2D eigenvalue weighted by molar-refractivity contribution is -0.124. The van der Waals surface area contributed by atoms with Gasteiger partial charge in [-0.3, -0.25) is 4.79 Å². The molecule has 0 bridgehead atoms. The Balaban J connectivity index is 2.02. The van der Waals surface area contributed by atoms with Crippen LogP contribution in [-0.2, 0) is 9.53 Å². The van der Waals surface area contributed by atoms with Crippen molar-refractivity contribution in [3.8, 4) is 0 Å². The van der Waals surface area contributed by atoms with E-state index in [1.807, 2.05) is 0 Å². The summed E-state index contributed by atoms with van der Waals surface area (Å²) < 4.78 is 18.0. The van der Waals surface area contributed by atoms with Crippen LogP contribution in [0.5, 0.6) is 0 Å². The fourth-order valence-electron chi connectivity index (χ4n) is 1.80. The Hall–Kier alpha value is -2.47. The number of rotatable bonds is 5. The van der Waals surface area contributed by atoms with E-state index in [4.69, 9.17) is 16.3 Å². The van der Waals surface area contributed by atoms with Crippen LogP contribution in [0.2, 0.25) is 5.15 Å². The number of hydrogen-bond donors (Lipinski definition) is 1.